The molecule has 0 atom stereocenters. The highest BCUT2D eigenvalue weighted by molar-refractivity contribution is 7.18. The lowest BCUT2D eigenvalue weighted by Crippen LogP contribution is -2.28. The van der Waals surface area contributed by atoms with Gasteiger partial charge >= 0.3 is 6.03 Å². The van der Waals surface area contributed by atoms with Gasteiger partial charge in [0.15, 0.2) is 11.5 Å². The van der Waals surface area contributed by atoms with Crippen LogP contribution in [0, 0.1) is 0 Å². The zero-order valence-electron chi connectivity index (χ0n) is 15.8. The number of urea groups is 1. The summed E-state index contributed by atoms with van der Waals surface area (Å²) in [6.07, 6.45) is 0. The smallest absolute Gasteiger partial charge is 0.319 e. The van der Waals surface area contributed by atoms with Gasteiger partial charge in [-0.2, -0.15) is 0 Å². The van der Waals surface area contributed by atoms with E-state index in [1.165, 1.54) is 0 Å². The Morgan fingerprint density at radius 2 is 1.89 bits per heavy atom. The molecule has 0 aliphatic heterocycles. The van der Waals surface area contributed by atoms with Crippen molar-refractivity contribution in [1.82, 2.24) is 10.3 Å². The molecular formula is C20H23N3O3S. The van der Waals surface area contributed by atoms with Crippen molar-refractivity contribution < 1.29 is 14.3 Å². The number of carbonyl (C=O) groups excluding carboxylic acids is 1. The van der Waals surface area contributed by atoms with Gasteiger partial charge < -0.3 is 20.1 Å². The lowest BCUT2D eigenvalue weighted by molar-refractivity contribution is 0.251. The van der Waals surface area contributed by atoms with E-state index in [-0.39, 0.29) is 6.03 Å². The van der Waals surface area contributed by atoms with Gasteiger partial charge in [0.2, 0.25) is 0 Å². The molecule has 0 aliphatic carbocycles. The predicted molar refractivity (Wildman–Crippen MR) is 109 cm³/mol. The number of hydrogen-bond donors (Lipinski definition) is 2. The van der Waals surface area contributed by atoms with Crippen LogP contribution in [0.25, 0.3) is 10.2 Å². The second-order valence-electron chi connectivity index (χ2n) is 6.39. The van der Waals surface area contributed by atoms with E-state index in [0.717, 1.165) is 26.5 Å². The highest BCUT2D eigenvalue weighted by atomic mass is 32.1. The van der Waals surface area contributed by atoms with Crippen molar-refractivity contribution in [2.24, 2.45) is 0 Å². The molecule has 2 amide bonds. The largest absolute Gasteiger partial charge is 0.493 e. The van der Waals surface area contributed by atoms with Crippen LogP contribution < -0.4 is 20.1 Å². The summed E-state index contributed by atoms with van der Waals surface area (Å²) < 4.78 is 11.6. The van der Waals surface area contributed by atoms with E-state index in [1.807, 2.05) is 36.4 Å². The van der Waals surface area contributed by atoms with Crippen LogP contribution in [-0.2, 0) is 6.54 Å². The zero-order valence-corrected chi connectivity index (χ0v) is 16.6. The number of nitrogens with zero attached hydrogens (tertiary/aromatic N) is 1. The third kappa shape index (κ3) is 4.49. The van der Waals surface area contributed by atoms with Crippen LogP contribution in [-0.4, -0.2) is 25.2 Å². The van der Waals surface area contributed by atoms with Crippen molar-refractivity contribution in [3.8, 4) is 11.5 Å². The first-order valence-electron chi connectivity index (χ1n) is 8.66. The van der Waals surface area contributed by atoms with Crippen molar-refractivity contribution in [2.75, 3.05) is 19.5 Å². The number of thiazole rings is 1. The first kappa shape index (κ1) is 19.0. The van der Waals surface area contributed by atoms with Crippen LogP contribution in [0.15, 0.2) is 36.4 Å². The van der Waals surface area contributed by atoms with Crippen LogP contribution in [0.3, 0.4) is 0 Å². The average Bonchev–Trinajstić information content (AvgIpc) is 3.10. The molecule has 0 unspecified atom stereocenters. The van der Waals surface area contributed by atoms with Crippen molar-refractivity contribution >= 4 is 33.3 Å². The molecule has 0 spiro atoms. The molecular weight excluding hydrogens is 362 g/mol. The minimum absolute atomic E-state index is 0.266. The van der Waals surface area contributed by atoms with Gasteiger partial charge in [0.1, 0.15) is 0 Å². The second-order valence-corrected chi connectivity index (χ2v) is 7.45. The number of amides is 2. The molecule has 2 aromatic carbocycles. The van der Waals surface area contributed by atoms with E-state index in [0.29, 0.717) is 24.0 Å². The number of nitrogens with one attached hydrogen (secondary N) is 2. The van der Waals surface area contributed by atoms with Gasteiger partial charge in [0.25, 0.3) is 0 Å². The van der Waals surface area contributed by atoms with Crippen LogP contribution in [0.4, 0.5) is 10.5 Å². The van der Waals surface area contributed by atoms with E-state index in [2.05, 4.69) is 29.5 Å². The number of rotatable bonds is 6. The molecule has 3 rings (SSSR count). The molecule has 3 aromatic rings. The quantitative estimate of drug-likeness (QED) is 0.642. The maximum atomic E-state index is 12.2. The number of fused-ring (bicyclic) bond motifs is 1. The summed E-state index contributed by atoms with van der Waals surface area (Å²) in [7, 11) is 3.18. The molecule has 0 bridgehead atoms. The van der Waals surface area contributed by atoms with Gasteiger partial charge in [-0.25, -0.2) is 9.78 Å². The molecule has 1 heterocycles. The standard InChI is InChI=1S/C20H23N3O3S/c1-12(2)19-23-15-7-6-14(10-18(15)27-19)22-20(24)21-11-13-5-8-16(25-3)17(9-13)26-4/h5-10,12H,11H2,1-4H3,(H2,21,22,24). The fourth-order valence-electron chi connectivity index (χ4n) is 2.62. The number of aromatic nitrogens is 1. The fraction of sp³-hybridized carbons (Fsp3) is 0.300. The highest BCUT2D eigenvalue weighted by Crippen LogP contribution is 2.29. The van der Waals surface area contributed by atoms with Crippen molar-refractivity contribution in [3.63, 3.8) is 0 Å². The predicted octanol–water partition coefficient (Wildman–Crippen LogP) is 4.76. The second kappa shape index (κ2) is 8.26. The Kier molecular flexibility index (Phi) is 5.81. The lowest BCUT2D eigenvalue weighted by Gasteiger charge is -2.11. The van der Waals surface area contributed by atoms with E-state index in [1.54, 1.807) is 25.6 Å². The Labute approximate surface area is 162 Å². The Balaban J connectivity index is 1.63. The minimum atomic E-state index is -0.266. The summed E-state index contributed by atoms with van der Waals surface area (Å²) in [5.74, 6) is 1.68. The van der Waals surface area contributed by atoms with Crippen molar-refractivity contribution in [1.29, 1.82) is 0 Å². The first-order chi connectivity index (χ1) is 13.0. The molecule has 0 fully saturated rings. The maximum Gasteiger partial charge on any atom is 0.319 e. The SMILES string of the molecule is COc1ccc(CNC(=O)Nc2ccc3nc(C(C)C)sc3c2)cc1OC. The zero-order chi connectivity index (χ0) is 19.4. The normalized spacial score (nSPS) is 10.9. The molecule has 27 heavy (non-hydrogen) atoms. The van der Waals surface area contributed by atoms with Crippen LogP contribution in [0.2, 0.25) is 0 Å². The summed E-state index contributed by atoms with van der Waals surface area (Å²) in [5.41, 5.74) is 2.62. The molecule has 0 aliphatic rings. The summed E-state index contributed by atoms with van der Waals surface area (Å²) in [6, 6.07) is 11.0. The summed E-state index contributed by atoms with van der Waals surface area (Å²) >= 11 is 1.66. The molecule has 0 saturated carbocycles. The number of methoxy groups -OCH3 is 2. The van der Waals surface area contributed by atoms with Crippen LogP contribution >= 0.6 is 11.3 Å². The van der Waals surface area contributed by atoms with Gasteiger partial charge in [-0.05, 0) is 35.9 Å². The number of benzene rings is 2. The minimum Gasteiger partial charge on any atom is -0.493 e. The summed E-state index contributed by atoms with van der Waals surface area (Å²) in [5, 5.41) is 6.81. The Morgan fingerprint density at radius 3 is 2.59 bits per heavy atom. The molecule has 2 N–H and O–H groups in total. The number of anilines is 1. The van der Waals surface area contributed by atoms with Gasteiger partial charge in [-0.3, -0.25) is 0 Å². The van der Waals surface area contributed by atoms with Gasteiger partial charge in [-0.1, -0.05) is 19.9 Å². The number of carbonyl (C=O) groups is 1. The Bertz CT molecular complexity index is 953. The van der Waals surface area contributed by atoms with Crippen LogP contribution in [0.5, 0.6) is 11.5 Å². The third-order valence-corrected chi connectivity index (χ3v) is 5.38. The van der Waals surface area contributed by atoms with Gasteiger partial charge in [0.05, 0.1) is 29.4 Å². The van der Waals surface area contributed by atoms with Crippen molar-refractivity contribution in [2.45, 2.75) is 26.3 Å². The molecule has 1 aromatic heterocycles. The topological polar surface area (TPSA) is 72.5 Å². The van der Waals surface area contributed by atoms with Crippen LogP contribution in [0.1, 0.15) is 30.3 Å². The fourth-order valence-corrected chi connectivity index (χ4v) is 3.62. The average molecular weight is 385 g/mol. The van der Waals surface area contributed by atoms with Gasteiger partial charge in [0, 0.05) is 18.2 Å². The van der Waals surface area contributed by atoms with E-state index in [4.69, 9.17) is 9.47 Å². The summed E-state index contributed by atoms with van der Waals surface area (Å²) in [6.45, 7) is 4.63. The van der Waals surface area contributed by atoms with E-state index in [9.17, 15) is 4.79 Å². The van der Waals surface area contributed by atoms with Gasteiger partial charge in [-0.15, -0.1) is 11.3 Å². The molecule has 0 radical (unpaired) electrons. The highest BCUT2D eigenvalue weighted by Gasteiger charge is 2.10. The molecule has 0 saturated heterocycles. The molecule has 7 heteroatoms. The maximum absolute atomic E-state index is 12.2. The first-order valence-corrected chi connectivity index (χ1v) is 9.48. The lowest BCUT2D eigenvalue weighted by atomic mass is 10.2. The molecule has 142 valence electrons. The number of hydrogen-bond acceptors (Lipinski definition) is 5. The Hall–Kier alpha value is -2.80. The molecule has 6 nitrogen and oxygen atoms in total. The number of ether oxygens (including phenoxy) is 2. The third-order valence-electron chi connectivity index (χ3n) is 4.06. The van der Waals surface area contributed by atoms with E-state index >= 15 is 0 Å². The Morgan fingerprint density at radius 1 is 1.11 bits per heavy atom. The van der Waals surface area contributed by atoms with E-state index < -0.39 is 0 Å². The summed E-state index contributed by atoms with van der Waals surface area (Å²) in [4.78, 5) is 16.8. The van der Waals surface area contributed by atoms with Crippen molar-refractivity contribution in [3.05, 3.63) is 47.0 Å². The monoisotopic (exact) mass is 385 g/mol.